The normalized spacial score (nSPS) is 38.3. The van der Waals surface area contributed by atoms with Crippen molar-refractivity contribution in [1.29, 1.82) is 0 Å². The molecule has 2 nitrogen and oxygen atoms in total. The molecule has 0 radical (unpaired) electrons. The van der Waals surface area contributed by atoms with Crippen LogP contribution in [0.1, 0.15) is 63.4 Å². The molecule has 1 atom stereocenters. The van der Waals surface area contributed by atoms with Gasteiger partial charge in [-0.25, -0.2) is 0 Å². The molecule has 1 aliphatic heterocycles. The maximum atomic E-state index is 13.7. The van der Waals surface area contributed by atoms with Gasteiger partial charge in [-0.2, -0.15) is 0 Å². The van der Waals surface area contributed by atoms with Crippen LogP contribution >= 0.6 is 23.2 Å². The van der Waals surface area contributed by atoms with Crippen LogP contribution in [-0.2, 0) is 11.2 Å². The van der Waals surface area contributed by atoms with Gasteiger partial charge in [0, 0.05) is 28.0 Å². The Kier molecular flexibility index (Phi) is 4.71. The van der Waals surface area contributed by atoms with Crippen LogP contribution < -0.4 is 0 Å². The summed E-state index contributed by atoms with van der Waals surface area (Å²) in [5.41, 5.74) is 1.12. The van der Waals surface area contributed by atoms with Crippen molar-refractivity contribution in [2.24, 2.45) is 23.7 Å². The summed E-state index contributed by atoms with van der Waals surface area (Å²) < 4.78 is 0. The Morgan fingerprint density at radius 3 is 2.15 bits per heavy atom. The average Bonchev–Trinajstić information content (AvgIpc) is 2.79. The molecule has 1 heterocycles. The molecule has 1 aromatic rings. The summed E-state index contributed by atoms with van der Waals surface area (Å²) >= 11 is 12.8. The molecule has 1 saturated heterocycles. The van der Waals surface area contributed by atoms with Gasteiger partial charge < -0.3 is 4.90 Å². The second-order valence-corrected chi connectivity index (χ2v) is 10.5. The van der Waals surface area contributed by atoms with E-state index in [9.17, 15) is 4.79 Å². The van der Waals surface area contributed by atoms with Crippen LogP contribution in [0.2, 0.25) is 10.0 Å². The number of hydrogen-bond donors (Lipinski definition) is 0. The molecular formula is C23H29Cl2NO. The molecule has 0 N–H and O–H groups in total. The van der Waals surface area contributed by atoms with Crippen molar-refractivity contribution in [1.82, 2.24) is 4.90 Å². The zero-order valence-corrected chi connectivity index (χ0v) is 17.4. The van der Waals surface area contributed by atoms with Crippen LogP contribution in [0, 0.1) is 23.7 Å². The quantitative estimate of drug-likeness (QED) is 0.591. The highest BCUT2D eigenvalue weighted by molar-refractivity contribution is 6.36. The Labute approximate surface area is 172 Å². The lowest BCUT2D eigenvalue weighted by atomic mass is 9.52. The Bertz CT molecular complexity index is 690. The predicted octanol–water partition coefficient (Wildman–Crippen LogP) is 6.13. The number of amides is 1. The number of benzene rings is 1. The number of likely N-dealkylation sites (tertiary alicyclic amines) is 1. The van der Waals surface area contributed by atoms with Crippen molar-refractivity contribution < 1.29 is 4.79 Å². The van der Waals surface area contributed by atoms with Crippen LogP contribution in [0.15, 0.2) is 18.2 Å². The second kappa shape index (κ2) is 6.95. The molecule has 1 aromatic carbocycles. The third kappa shape index (κ3) is 3.21. The lowest BCUT2D eigenvalue weighted by Gasteiger charge is -2.60. The number of nitrogens with zero attached hydrogens (tertiary/aromatic N) is 1. The Hall–Kier alpha value is -0.730. The molecule has 4 aliphatic carbocycles. The van der Waals surface area contributed by atoms with Crippen molar-refractivity contribution in [2.45, 2.75) is 69.7 Å². The maximum Gasteiger partial charge on any atom is 0.226 e. The van der Waals surface area contributed by atoms with Gasteiger partial charge in [-0.3, -0.25) is 4.79 Å². The molecule has 6 rings (SSSR count). The third-order valence-corrected chi connectivity index (χ3v) is 8.60. The van der Waals surface area contributed by atoms with Crippen LogP contribution in [0.3, 0.4) is 0 Å². The molecule has 27 heavy (non-hydrogen) atoms. The van der Waals surface area contributed by atoms with Crippen molar-refractivity contribution in [3.63, 3.8) is 0 Å². The van der Waals surface area contributed by atoms with Crippen molar-refractivity contribution in [3.05, 3.63) is 33.8 Å². The minimum Gasteiger partial charge on any atom is -0.337 e. The highest BCUT2D eigenvalue weighted by Crippen LogP contribution is 2.58. The maximum absolute atomic E-state index is 13.7. The van der Waals surface area contributed by atoms with Gasteiger partial charge in [-0.1, -0.05) is 35.7 Å². The summed E-state index contributed by atoms with van der Waals surface area (Å²) in [5, 5.41) is 1.39. The fraction of sp³-hybridized carbons (Fsp3) is 0.696. The van der Waals surface area contributed by atoms with Gasteiger partial charge in [0.25, 0.3) is 0 Å². The van der Waals surface area contributed by atoms with Crippen molar-refractivity contribution in [2.75, 3.05) is 6.54 Å². The van der Waals surface area contributed by atoms with Gasteiger partial charge in [-0.05, 0) is 93.2 Å². The van der Waals surface area contributed by atoms with Gasteiger partial charge in [0.1, 0.15) is 0 Å². The van der Waals surface area contributed by atoms with E-state index in [4.69, 9.17) is 23.2 Å². The van der Waals surface area contributed by atoms with Gasteiger partial charge in [0.2, 0.25) is 5.91 Å². The summed E-state index contributed by atoms with van der Waals surface area (Å²) in [4.78, 5) is 16.1. The monoisotopic (exact) mass is 405 g/mol. The Morgan fingerprint density at radius 2 is 1.56 bits per heavy atom. The first kappa shape index (κ1) is 18.3. The molecule has 4 heteroatoms. The molecule has 4 bridgehead atoms. The third-order valence-electron chi connectivity index (χ3n) is 7.89. The average molecular weight is 406 g/mol. The number of carbonyl (C=O) groups excluding carboxylic acids is 1. The molecule has 1 amide bonds. The Balaban J connectivity index is 1.42. The molecule has 5 fully saturated rings. The summed E-state index contributed by atoms with van der Waals surface area (Å²) in [6.07, 6.45) is 11.9. The van der Waals surface area contributed by atoms with Crippen LogP contribution in [0.5, 0.6) is 0 Å². The van der Waals surface area contributed by atoms with Gasteiger partial charge in [0.05, 0.1) is 0 Å². The predicted molar refractivity (Wildman–Crippen MR) is 110 cm³/mol. The summed E-state index contributed by atoms with van der Waals surface area (Å²) in [5.74, 6) is 3.00. The highest BCUT2D eigenvalue weighted by Gasteiger charge is 2.55. The van der Waals surface area contributed by atoms with E-state index in [1.807, 2.05) is 18.2 Å². The van der Waals surface area contributed by atoms with E-state index in [2.05, 4.69) is 4.90 Å². The molecule has 4 saturated carbocycles. The first-order chi connectivity index (χ1) is 13.0. The van der Waals surface area contributed by atoms with Crippen LogP contribution in [0.4, 0.5) is 0 Å². The van der Waals surface area contributed by atoms with Gasteiger partial charge in [-0.15, -0.1) is 0 Å². The molecule has 146 valence electrons. The van der Waals surface area contributed by atoms with Crippen LogP contribution in [0.25, 0.3) is 0 Å². The molecule has 1 unspecified atom stereocenters. The van der Waals surface area contributed by atoms with E-state index in [1.54, 1.807) is 0 Å². The van der Waals surface area contributed by atoms with Gasteiger partial charge >= 0.3 is 0 Å². The van der Waals surface area contributed by atoms with Crippen LogP contribution in [-0.4, -0.2) is 22.9 Å². The number of hydrogen-bond acceptors (Lipinski definition) is 1. The van der Waals surface area contributed by atoms with E-state index in [0.29, 0.717) is 22.4 Å². The number of carbonyl (C=O) groups is 1. The molecule has 5 aliphatic rings. The van der Waals surface area contributed by atoms with Crippen molar-refractivity contribution >= 4 is 29.1 Å². The lowest BCUT2D eigenvalue weighted by Crippen LogP contribution is -2.62. The Morgan fingerprint density at radius 1 is 0.963 bits per heavy atom. The lowest BCUT2D eigenvalue weighted by molar-refractivity contribution is -0.154. The standard InChI is InChI=1S/C23H29Cl2NO/c24-20-5-3-6-21(25)19(20)11-18-4-1-2-7-26(22(18)27)23-12-15-8-16(13-23)10-17(9-15)14-23/h3,5-6,15-18H,1-2,4,7-14H2. The number of rotatable bonds is 3. The SMILES string of the molecule is O=C1C(Cc2c(Cl)cccc2Cl)CCCCN1C12CC3CC(CC(C3)C1)C2. The zero-order chi connectivity index (χ0) is 18.6. The van der Waals surface area contributed by atoms with E-state index in [-0.39, 0.29) is 11.5 Å². The smallest absolute Gasteiger partial charge is 0.226 e. The van der Waals surface area contributed by atoms with Gasteiger partial charge in [0.15, 0.2) is 0 Å². The highest BCUT2D eigenvalue weighted by atomic mass is 35.5. The minimum absolute atomic E-state index is 0.0258. The van der Waals surface area contributed by atoms with Crippen molar-refractivity contribution in [3.8, 4) is 0 Å². The summed E-state index contributed by atoms with van der Waals surface area (Å²) in [6.45, 7) is 0.956. The summed E-state index contributed by atoms with van der Waals surface area (Å²) in [6, 6.07) is 5.66. The second-order valence-electron chi connectivity index (χ2n) is 9.73. The topological polar surface area (TPSA) is 20.3 Å². The zero-order valence-electron chi connectivity index (χ0n) is 15.9. The van der Waals surface area contributed by atoms with E-state index < -0.39 is 0 Å². The first-order valence-electron chi connectivity index (χ1n) is 10.8. The minimum atomic E-state index is 0.0258. The number of halogens is 2. The molecular weight excluding hydrogens is 377 g/mol. The summed E-state index contributed by atoms with van der Waals surface area (Å²) in [7, 11) is 0. The fourth-order valence-electron chi connectivity index (χ4n) is 7.14. The van der Waals surface area contributed by atoms with E-state index >= 15 is 0 Å². The first-order valence-corrected chi connectivity index (χ1v) is 11.5. The fourth-order valence-corrected chi connectivity index (χ4v) is 7.70. The van der Waals surface area contributed by atoms with E-state index in [0.717, 1.165) is 49.1 Å². The molecule has 0 spiro atoms. The van der Waals surface area contributed by atoms with E-state index in [1.165, 1.54) is 38.5 Å². The largest absolute Gasteiger partial charge is 0.337 e. The molecule has 0 aromatic heterocycles.